The molecule has 2 rings (SSSR count). The zero-order chi connectivity index (χ0) is 10.9. The van der Waals surface area contributed by atoms with Crippen molar-refractivity contribution in [2.45, 2.75) is 6.92 Å². The molecule has 0 spiro atoms. The minimum Gasteiger partial charge on any atom is -0.192 e. The molecule has 0 atom stereocenters. The molecule has 2 aromatic rings. The fourth-order valence-corrected chi connectivity index (χ4v) is 1.10. The summed E-state index contributed by atoms with van der Waals surface area (Å²) in [6, 6.07) is 21.6. The van der Waals surface area contributed by atoms with Crippen molar-refractivity contribution in [3.63, 3.8) is 0 Å². The molecule has 1 heteroatoms. The Balaban J connectivity index is 0.000000162. The number of hydrogen-bond donors (Lipinski definition) is 0. The van der Waals surface area contributed by atoms with Crippen molar-refractivity contribution in [2.75, 3.05) is 0 Å². The van der Waals surface area contributed by atoms with Crippen LogP contribution in [0.15, 0.2) is 60.7 Å². The fourth-order valence-electron chi connectivity index (χ4n) is 1.10. The van der Waals surface area contributed by atoms with Crippen LogP contribution in [0.4, 0.5) is 0 Å². The summed E-state index contributed by atoms with van der Waals surface area (Å²) in [6.45, 7) is 1.97. The van der Waals surface area contributed by atoms with Crippen LogP contribution in [0.25, 0.3) is 0 Å². The topological polar surface area (TPSA) is 23.8 Å². The van der Waals surface area contributed by atoms with Crippen LogP contribution < -0.4 is 0 Å². The van der Waals surface area contributed by atoms with Gasteiger partial charge in [0.2, 0.25) is 0 Å². The normalized spacial score (nSPS) is 8.27. The minimum atomic E-state index is 0.731. The molecule has 2 aromatic carbocycles. The van der Waals surface area contributed by atoms with Gasteiger partial charge in [-0.2, -0.15) is 5.26 Å². The highest BCUT2D eigenvalue weighted by Gasteiger charge is 1.86. The van der Waals surface area contributed by atoms with Gasteiger partial charge in [-0.1, -0.05) is 48.5 Å². The first kappa shape index (κ1) is 11.0. The average Bonchev–Trinajstić information content (AvgIpc) is 2.32. The van der Waals surface area contributed by atoms with Gasteiger partial charge in [-0.3, -0.25) is 0 Å². The lowest BCUT2D eigenvalue weighted by Crippen LogP contribution is -1.73. The molecule has 0 radical (unpaired) electrons. The largest absolute Gasteiger partial charge is 0.192 e. The van der Waals surface area contributed by atoms with Crippen LogP contribution in [-0.4, -0.2) is 0 Å². The van der Waals surface area contributed by atoms with Crippen molar-refractivity contribution in [3.8, 4) is 6.07 Å². The van der Waals surface area contributed by atoms with E-state index in [0.29, 0.717) is 0 Å². The Morgan fingerprint density at radius 3 is 1.73 bits per heavy atom. The van der Waals surface area contributed by atoms with Gasteiger partial charge in [0.1, 0.15) is 0 Å². The van der Waals surface area contributed by atoms with Gasteiger partial charge in [-0.15, -0.1) is 0 Å². The van der Waals surface area contributed by atoms with Gasteiger partial charge in [-0.05, 0) is 24.6 Å². The van der Waals surface area contributed by atoms with E-state index in [1.54, 1.807) is 6.07 Å². The van der Waals surface area contributed by atoms with Crippen LogP contribution in [0.2, 0.25) is 0 Å². The van der Waals surface area contributed by atoms with Crippen LogP contribution >= 0.6 is 0 Å². The second kappa shape index (κ2) is 6.39. The molecule has 1 nitrogen and oxygen atoms in total. The van der Waals surface area contributed by atoms with Gasteiger partial charge < -0.3 is 0 Å². The molecule has 0 saturated heterocycles. The Bertz CT molecular complexity index is 400. The molecule has 0 aromatic heterocycles. The average molecular weight is 195 g/mol. The second-order valence-corrected chi connectivity index (χ2v) is 3.14. The highest BCUT2D eigenvalue weighted by atomic mass is 14.2. The molecule has 15 heavy (non-hydrogen) atoms. The van der Waals surface area contributed by atoms with Crippen molar-refractivity contribution in [2.24, 2.45) is 0 Å². The predicted octanol–water partition coefficient (Wildman–Crippen LogP) is 3.55. The number of nitrogens with zero attached hydrogens (tertiary/aromatic N) is 1. The molecular weight excluding hydrogens is 182 g/mol. The molecule has 74 valence electrons. The SMILES string of the molecule is Cc1cccc(C#N)c1.c1ccccc1. The molecule has 0 unspecified atom stereocenters. The first-order chi connectivity index (χ1) is 7.33. The fraction of sp³-hybridized carbons (Fsp3) is 0.0714. The number of nitriles is 1. The van der Waals surface area contributed by atoms with Crippen LogP contribution in [0, 0.1) is 18.3 Å². The van der Waals surface area contributed by atoms with Gasteiger partial charge in [-0.25, -0.2) is 0 Å². The molecule has 0 aliphatic carbocycles. The summed E-state index contributed by atoms with van der Waals surface area (Å²) in [5.41, 5.74) is 1.86. The summed E-state index contributed by atoms with van der Waals surface area (Å²) in [4.78, 5) is 0. The van der Waals surface area contributed by atoms with E-state index in [9.17, 15) is 0 Å². The van der Waals surface area contributed by atoms with Crippen LogP contribution in [0.5, 0.6) is 0 Å². The lowest BCUT2D eigenvalue weighted by Gasteiger charge is -1.88. The summed E-state index contributed by atoms with van der Waals surface area (Å²) in [5, 5.41) is 8.41. The van der Waals surface area contributed by atoms with Crippen LogP contribution in [0.1, 0.15) is 11.1 Å². The van der Waals surface area contributed by atoms with Crippen LogP contribution in [-0.2, 0) is 0 Å². The highest BCUT2D eigenvalue weighted by Crippen LogP contribution is 2.00. The first-order valence-electron chi connectivity index (χ1n) is 4.79. The lowest BCUT2D eigenvalue weighted by atomic mass is 10.2. The predicted molar refractivity (Wildman–Crippen MR) is 62.3 cm³/mol. The smallest absolute Gasteiger partial charge is 0.0991 e. The third-order valence-corrected chi connectivity index (χ3v) is 1.81. The van der Waals surface area contributed by atoms with E-state index >= 15 is 0 Å². The van der Waals surface area contributed by atoms with E-state index in [4.69, 9.17) is 5.26 Å². The second-order valence-electron chi connectivity index (χ2n) is 3.14. The van der Waals surface area contributed by atoms with E-state index in [-0.39, 0.29) is 0 Å². The van der Waals surface area contributed by atoms with Crippen molar-refractivity contribution < 1.29 is 0 Å². The lowest BCUT2D eigenvalue weighted by molar-refractivity contribution is 1.42. The third kappa shape index (κ3) is 4.64. The van der Waals surface area contributed by atoms with E-state index < -0.39 is 0 Å². The maximum absolute atomic E-state index is 8.41. The summed E-state index contributed by atoms with van der Waals surface area (Å²) in [5.74, 6) is 0. The van der Waals surface area contributed by atoms with Crippen molar-refractivity contribution >= 4 is 0 Å². The zero-order valence-corrected chi connectivity index (χ0v) is 8.72. The maximum Gasteiger partial charge on any atom is 0.0991 e. The van der Waals surface area contributed by atoms with Gasteiger partial charge in [0, 0.05) is 0 Å². The molecule has 0 N–H and O–H groups in total. The Hall–Kier alpha value is -2.07. The van der Waals surface area contributed by atoms with Gasteiger partial charge in [0.05, 0.1) is 11.6 Å². The number of aryl methyl sites for hydroxylation is 1. The molecule has 0 heterocycles. The van der Waals surface area contributed by atoms with Gasteiger partial charge in [0.15, 0.2) is 0 Å². The minimum absolute atomic E-state index is 0.731. The molecule has 0 saturated carbocycles. The van der Waals surface area contributed by atoms with Crippen molar-refractivity contribution in [1.29, 1.82) is 5.26 Å². The Labute approximate surface area is 90.6 Å². The summed E-state index contributed by atoms with van der Waals surface area (Å²) < 4.78 is 0. The van der Waals surface area contributed by atoms with Gasteiger partial charge >= 0.3 is 0 Å². The quantitative estimate of drug-likeness (QED) is 0.630. The summed E-state index contributed by atoms with van der Waals surface area (Å²) in [7, 11) is 0. The summed E-state index contributed by atoms with van der Waals surface area (Å²) >= 11 is 0. The van der Waals surface area contributed by atoms with Crippen molar-refractivity contribution in [1.82, 2.24) is 0 Å². The van der Waals surface area contributed by atoms with Crippen molar-refractivity contribution in [3.05, 3.63) is 71.8 Å². The van der Waals surface area contributed by atoms with E-state index in [2.05, 4.69) is 6.07 Å². The third-order valence-electron chi connectivity index (χ3n) is 1.81. The molecule has 0 aliphatic rings. The number of hydrogen-bond acceptors (Lipinski definition) is 1. The first-order valence-corrected chi connectivity index (χ1v) is 4.79. The monoisotopic (exact) mass is 195 g/mol. The number of benzene rings is 2. The van der Waals surface area contributed by atoms with Crippen LogP contribution in [0.3, 0.4) is 0 Å². The number of rotatable bonds is 0. The molecule has 0 bridgehead atoms. The maximum atomic E-state index is 8.41. The highest BCUT2D eigenvalue weighted by molar-refractivity contribution is 5.31. The van der Waals surface area contributed by atoms with E-state index in [0.717, 1.165) is 11.1 Å². The van der Waals surface area contributed by atoms with Gasteiger partial charge in [0.25, 0.3) is 0 Å². The Morgan fingerprint density at radius 1 is 0.867 bits per heavy atom. The Morgan fingerprint density at radius 2 is 1.40 bits per heavy atom. The standard InChI is InChI=1S/C8H7N.C6H6/c1-7-3-2-4-8(5-7)6-9;1-2-4-6-5-3-1/h2-5H,1H3;1-6H. The molecule has 0 aliphatic heterocycles. The molecule has 0 fully saturated rings. The Kier molecular flexibility index (Phi) is 4.69. The molecule has 0 amide bonds. The summed E-state index contributed by atoms with van der Waals surface area (Å²) in [6.07, 6.45) is 0. The molecular formula is C14H13N. The zero-order valence-electron chi connectivity index (χ0n) is 8.72. The van der Waals surface area contributed by atoms with E-state index in [1.165, 1.54) is 0 Å². The van der Waals surface area contributed by atoms with E-state index in [1.807, 2.05) is 61.5 Å².